The summed E-state index contributed by atoms with van der Waals surface area (Å²) in [5.74, 6) is 0.638. The molecule has 1 aromatic rings. The zero-order valence-electron chi connectivity index (χ0n) is 18.4. The lowest BCUT2D eigenvalue weighted by Crippen LogP contribution is -2.36. The van der Waals surface area contributed by atoms with Crippen molar-refractivity contribution in [2.24, 2.45) is 10.9 Å². The quantitative estimate of drug-likeness (QED) is 0.420. The van der Waals surface area contributed by atoms with Gasteiger partial charge in [-0.3, -0.25) is 14.6 Å². The number of carboxylic acid groups (broad SMARTS) is 1. The third kappa shape index (κ3) is 7.34. The van der Waals surface area contributed by atoms with E-state index in [4.69, 9.17) is 9.84 Å². The third-order valence-electron chi connectivity index (χ3n) is 6.48. The number of aliphatic carboxylic acids is 1. The van der Waals surface area contributed by atoms with E-state index in [1.807, 2.05) is 24.3 Å². The Hall–Kier alpha value is -2.43. The van der Waals surface area contributed by atoms with Crippen molar-refractivity contribution in [3.8, 4) is 5.75 Å². The first kappa shape index (κ1) is 23.2. The van der Waals surface area contributed by atoms with Gasteiger partial charge in [0, 0.05) is 12.6 Å². The summed E-state index contributed by atoms with van der Waals surface area (Å²) in [4.78, 5) is 27.9. The van der Waals surface area contributed by atoms with E-state index in [2.05, 4.69) is 4.99 Å². The van der Waals surface area contributed by atoms with Gasteiger partial charge in [0.15, 0.2) is 5.78 Å². The van der Waals surface area contributed by atoms with Crippen molar-refractivity contribution in [1.82, 2.24) is 0 Å². The predicted octanol–water partition coefficient (Wildman–Crippen LogP) is 5.56. The summed E-state index contributed by atoms with van der Waals surface area (Å²) in [5.41, 5.74) is -0.198. The molecule has 1 N–H and O–H groups in total. The van der Waals surface area contributed by atoms with Gasteiger partial charge in [0.2, 0.25) is 0 Å². The topological polar surface area (TPSA) is 76.0 Å². The second kappa shape index (κ2) is 11.8. The molecular weight excluding hydrogens is 390 g/mol. The number of nitrogens with zero attached hydrogens (tertiary/aromatic N) is 1. The van der Waals surface area contributed by atoms with Gasteiger partial charge in [-0.15, -0.1) is 0 Å². The molecule has 1 fully saturated rings. The van der Waals surface area contributed by atoms with Crippen LogP contribution >= 0.6 is 0 Å². The minimum absolute atomic E-state index is 0.159. The fraction of sp³-hybridized carbons (Fsp3) is 0.577. The average molecular weight is 426 g/mol. The van der Waals surface area contributed by atoms with Gasteiger partial charge in [-0.25, -0.2) is 0 Å². The van der Waals surface area contributed by atoms with Crippen LogP contribution in [0.1, 0.15) is 76.2 Å². The van der Waals surface area contributed by atoms with Crippen LogP contribution < -0.4 is 4.74 Å². The van der Waals surface area contributed by atoms with E-state index in [1.165, 1.54) is 57.6 Å². The number of carbonyl (C=O) groups excluding carboxylic acids is 1. The number of hydrogen-bond acceptors (Lipinski definition) is 4. The Morgan fingerprint density at radius 1 is 1.06 bits per heavy atom. The summed E-state index contributed by atoms with van der Waals surface area (Å²) < 4.78 is 5.86. The molecule has 1 saturated carbocycles. The Bertz CT molecular complexity index is 763. The van der Waals surface area contributed by atoms with Crippen molar-refractivity contribution in [2.75, 3.05) is 6.61 Å². The first-order chi connectivity index (χ1) is 15.1. The van der Waals surface area contributed by atoms with E-state index in [0.29, 0.717) is 6.42 Å². The Morgan fingerprint density at radius 3 is 2.52 bits per heavy atom. The van der Waals surface area contributed by atoms with Crippen molar-refractivity contribution in [2.45, 2.75) is 82.6 Å². The lowest BCUT2D eigenvalue weighted by atomic mass is 9.86. The van der Waals surface area contributed by atoms with Crippen LogP contribution in [0.5, 0.6) is 5.75 Å². The number of benzene rings is 1. The number of aryl methyl sites for hydroxylation is 1. The molecule has 0 aromatic heterocycles. The van der Waals surface area contributed by atoms with Crippen LogP contribution in [0.4, 0.5) is 0 Å². The first-order valence-electron chi connectivity index (χ1n) is 11.8. The molecule has 5 nitrogen and oxygen atoms in total. The minimum Gasteiger partial charge on any atom is -0.494 e. The van der Waals surface area contributed by atoms with Crippen molar-refractivity contribution in [3.63, 3.8) is 0 Å². The summed E-state index contributed by atoms with van der Waals surface area (Å²) in [7, 11) is 0. The number of ether oxygens (including phenoxy) is 1. The van der Waals surface area contributed by atoms with Crippen molar-refractivity contribution >= 4 is 18.0 Å². The summed E-state index contributed by atoms with van der Waals surface area (Å²) in [6, 6.07) is 7.84. The summed E-state index contributed by atoms with van der Waals surface area (Å²) in [6.45, 7) is 0.741. The molecule has 0 amide bonds. The summed E-state index contributed by atoms with van der Waals surface area (Å²) in [6.07, 6.45) is 17.4. The minimum atomic E-state index is -1.23. The van der Waals surface area contributed by atoms with E-state index in [1.54, 1.807) is 12.2 Å². The van der Waals surface area contributed by atoms with Crippen molar-refractivity contribution in [1.29, 1.82) is 0 Å². The highest BCUT2D eigenvalue weighted by atomic mass is 16.5. The Balaban J connectivity index is 1.33. The molecule has 1 unspecified atom stereocenters. The third-order valence-corrected chi connectivity index (χ3v) is 6.48. The summed E-state index contributed by atoms with van der Waals surface area (Å²) >= 11 is 0. The molecular formula is C26H35NO4. The number of carbonyl (C=O) groups is 2. The van der Waals surface area contributed by atoms with E-state index < -0.39 is 11.5 Å². The number of ketones is 1. The number of Topliss-reactive ketones (excluding diaryl/α,β-unsaturated/α-hetero) is 1. The van der Waals surface area contributed by atoms with Gasteiger partial charge in [0.1, 0.15) is 11.3 Å². The zero-order chi connectivity index (χ0) is 21.9. The van der Waals surface area contributed by atoms with E-state index in [9.17, 15) is 9.59 Å². The van der Waals surface area contributed by atoms with Gasteiger partial charge in [-0.2, -0.15) is 0 Å². The standard InChI is InChI=1S/C26H35NO4/c28-24(26(20-25(29)30)17-7-18-27-26)16-13-22-11-14-23(15-12-22)31-19-6-2-5-10-21-8-3-1-4-9-21/h7,11-12,14-15,17-18,21H,1-6,8-10,13,16,19-20H2,(H,29,30). The van der Waals surface area contributed by atoms with Crippen LogP contribution in [0.3, 0.4) is 0 Å². The fourth-order valence-corrected chi connectivity index (χ4v) is 4.62. The maximum atomic E-state index is 12.6. The highest BCUT2D eigenvalue weighted by molar-refractivity contribution is 5.98. The molecule has 1 aliphatic heterocycles. The van der Waals surface area contributed by atoms with Crippen LogP contribution in [0.25, 0.3) is 0 Å². The van der Waals surface area contributed by atoms with E-state index in [-0.39, 0.29) is 18.6 Å². The van der Waals surface area contributed by atoms with E-state index in [0.717, 1.165) is 30.3 Å². The smallest absolute Gasteiger partial charge is 0.306 e. The number of carboxylic acids is 1. The highest BCUT2D eigenvalue weighted by Crippen LogP contribution is 2.28. The molecule has 0 bridgehead atoms. The zero-order valence-corrected chi connectivity index (χ0v) is 18.4. The fourth-order valence-electron chi connectivity index (χ4n) is 4.62. The average Bonchev–Trinajstić information content (AvgIpc) is 3.25. The van der Waals surface area contributed by atoms with Crippen LogP contribution in [0.2, 0.25) is 0 Å². The molecule has 0 spiro atoms. The summed E-state index contributed by atoms with van der Waals surface area (Å²) in [5, 5.41) is 9.11. The lowest BCUT2D eigenvalue weighted by molar-refractivity contribution is -0.140. The number of rotatable bonds is 13. The molecule has 0 radical (unpaired) electrons. The van der Waals surface area contributed by atoms with Gasteiger partial charge in [-0.1, -0.05) is 63.5 Å². The van der Waals surface area contributed by atoms with Gasteiger partial charge >= 0.3 is 5.97 Å². The molecule has 1 aromatic carbocycles. The van der Waals surface area contributed by atoms with Crippen LogP contribution in [-0.4, -0.2) is 35.2 Å². The van der Waals surface area contributed by atoms with Gasteiger partial charge < -0.3 is 9.84 Å². The maximum absolute atomic E-state index is 12.6. The molecule has 3 rings (SSSR count). The Morgan fingerprint density at radius 2 is 1.84 bits per heavy atom. The van der Waals surface area contributed by atoms with Gasteiger partial charge in [0.25, 0.3) is 0 Å². The second-order valence-corrected chi connectivity index (χ2v) is 8.90. The van der Waals surface area contributed by atoms with Crippen molar-refractivity contribution < 1.29 is 19.4 Å². The number of aliphatic imine (C=N–C) groups is 1. The molecule has 0 saturated heterocycles. The van der Waals surface area contributed by atoms with E-state index >= 15 is 0 Å². The second-order valence-electron chi connectivity index (χ2n) is 8.90. The molecule has 1 atom stereocenters. The lowest BCUT2D eigenvalue weighted by Gasteiger charge is -2.21. The molecule has 168 valence electrons. The predicted molar refractivity (Wildman–Crippen MR) is 123 cm³/mol. The Kier molecular flexibility index (Phi) is 8.86. The monoisotopic (exact) mass is 425 g/mol. The molecule has 1 aliphatic carbocycles. The largest absolute Gasteiger partial charge is 0.494 e. The van der Waals surface area contributed by atoms with Crippen LogP contribution in [-0.2, 0) is 16.0 Å². The number of unbranched alkanes of at least 4 members (excludes halogenated alkanes) is 2. The van der Waals surface area contributed by atoms with Gasteiger partial charge in [0.05, 0.1) is 13.0 Å². The molecule has 5 heteroatoms. The van der Waals surface area contributed by atoms with Crippen molar-refractivity contribution in [3.05, 3.63) is 42.0 Å². The molecule has 1 heterocycles. The normalized spacial score (nSPS) is 20.8. The molecule has 2 aliphatic rings. The highest BCUT2D eigenvalue weighted by Gasteiger charge is 2.38. The first-order valence-corrected chi connectivity index (χ1v) is 11.8. The Labute approximate surface area is 185 Å². The van der Waals surface area contributed by atoms with Crippen LogP contribution in [0.15, 0.2) is 41.4 Å². The van der Waals surface area contributed by atoms with Crippen LogP contribution in [0, 0.1) is 5.92 Å². The maximum Gasteiger partial charge on any atom is 0.306 e. The number of allylic oxidation sites excluding steroid dienone is 1. The number of hydrogen-bond donors (Lipinski definition) is 1. The van der Waals surface area contributed by atoms with Gasteiger partial charge in [-0.05, 0) is 48.6 Å². The molecule has 31 heavy (non-hydrogen) atoms. The SMILES string of the molecule is O=C(O)CC1(C(=O)CCc2ccc(OCCCCCC3CCCCC3)cc2)C=CC=N1.